The maximum atomic E-state index is 12.3. The number of nitrogens with zero attached hydrogens (tertiary/aromatic N) is 4. The van der Waals surface area contributed by atoms with E-state index in [9.17, 15) is 14.9 Å². The average molecular weight is 478 g/mol. The van der Waals surface area contributed by atoms with Gasteiger partial charge in [-0.2, -0.15) is 5.26 Å². The summed E-state index contributed by atoms with van der Waals surface area (Å²) in [6.07, 6.45) is 2.88. The van der Waals surface area contributed by atoms with Gasteiger partial charge in [0.2, 0.25) is 12.2 Å². The Hall–Kier alpha value is -2.99. The zero-order valence-electron chi connectivity index (χ0n) is 19.6. The molecule has 1 amide bonds. The first-order valence-electron chi connectivity index (χ1n) is 11.0. The van der Waals surface area contributed by atoms with Crippen LogP contribution < -0.4 is 5.32 Å². The zero-order chi connectivity index (χ0) is 24.4. The molecule has 1 aromatic carbocycles. The van der Waals surface area contributed by atoms with E-state index in [0.717, 1.165) is 18.4 Å². The number of nitrogens with one attached hydrogen (secondary N) is 1. The number of likely N-dealkylation sites (tertiary alicyclic amines) is 1. The fourth-order valence-corrected chi connectivity index (χ4v) is 3.72. The van der Waals surface area contributed by atoms with Crippen molar-refractivity contribution >= 4 is 29.6 Å². The summed E-state index contributed by atoms with van der Waals surface area (Å²) in [4.78, 5) is 32.2. The highest BCUT2D eigenvalue weighted by Crippen LogP contribution is 2.20. The largest absolute Gasteiger partial charge is 0.465 e. The molecule has 0 unspecified atom stereocenters. The van der Waals surface area contributed by atoms with Gasteiger partial charge in [-0.1, -0.05) is 29.8 Å². The summed E-state index contributed by atoms with van der Waals surface area (Å²) in [7, 11) is 0. The number of halogens is 1. The van der Waals surface area contributed by atoms with E-state index in [0.29, 0.717) is 24.1 Å². The van der Waals surface area contributed by atoms with E-state index in [2.05, 4.69) is 10.3 Å². The number of ether oxygens (including phenoxy) is 2. The van der Waals surface area contributed by atoms with E-state index in [1.807, 2.05) is 29.3 Å². The first-order valence-corrected chi connectivity index (χ1v) is 11.4. The van der Waals surface area contributed by atoms with Crippen molar-refractivity contribution in [3.63, 3.8) is 0 Å². The second kappa shape index (κ2) is 12.3. The van der Waals surface area contributed by atoms with E-state index < -0.39 is 17.7 Å². The van der Waals surface area contributed by atoms with Gasteiger partial charge in [0.15, 0.2) is 0 Å². The minimum absolute atomic E-state index is 0.0970. The fourth-order valence-electron chi connectivity index (χ4n) is 3.53. The summed E-state index contributed by atoms with van der Waals surface area (Å²) in [6.45, 7) is 8.60. The standard InChI is InChI=1S/C23H32ClN5O4/c1-5-32-20(30)15-29(13-17-9-6-7-11-19(17)24)21(26-16-25)28-12-8-10-18(14-28)27-22(31)33-23(2,3)4/h6-7,9,11,18H,5,8,10,12-15H2,1-4H3,(H,27,31)/t18-/m1/s1. The number of benzene rings is 1. The van der Waals surface area contributed by atoms with E-state index in [4.69, 9.17) is 21.1 Å². The van der Waals surface area contributed by atoms with Crippen LogP contribution in [0.25, 0.3) is 0 Å². The summed E-state index contributed by atoms with van der Waals surface area (Å²) in [6, 6.07) is 7.10. The Morgan fingerprint density at radius 1 is 1.36 bits per heavy atom. The van der Waals surface area contributed by atoms with E-state index in [1.54, 1.807) is 38.7 Å². The molecule has 180 valence electrons. The van der Waals surface area contributed by atoms with E-state index >= 15 is 0 Å². The molecule has 10 heteroatoms. The number of hydrogen-bond donors (Lipinski definition) is 1. The van der Waals surface area contributed by atoms with Crippen LogP contribution in [-0.2, 0) is 20.8 Å². The Morgan fingerprint density at radius 2 is 2.09 bits per heavy atom. The lowest BCUT2D eigenvalue weighted by molar-refractivity contribution is -0.143. The molecule has 1 heterocycles. The lowest BCUT2D eigenvalue weighted by Crippen LogP contribution is -2.54. The van der Waals surface area contributed by atoms with Gasteiger partial charge in [0.1, 0.15) is 12.1 Å². The van der Waals surface area contributed by atoms with Crippen molar-refractivity contribution < 1.29 is 19.1 Å². The third kappa shape index (κ3) is 8.81. The van der Waals surface area contributed by atoms with Crippen molar-refractivity contribution in [1.29, 1.82) is 5.26 Å². The van der Waals surface area contributed by atoms with Crippen LogP contribution in [0.3, 0.4) is 0 Å². The maximum absolute atomic E-state index is 12.3. The second-order valence-corrected chi connectivity index (χ2v) is 9.10. The molecule has 0 bridgehead atoms. The number of amides is 1. The van der Waals surface area contributed by atoms with Gasteiger partial charge in [0.25, 0.3) is 0 Å². The van der Waals surface area contributed by atoms with Crippen LogP contribution >= 0.6 is 11.6 Å². The summed E-state index contributed by atoms with van der Waals surface area (Å²) < 4.78 is 10.5. The van der Waals surface area contributed by atoms with Crippen LogP contribution in [0.1, 0.15) is 46.1 Å². The molecular formula is C23H32ClN5O4. The van der Waals surface area contributed by atoms with Gasteiger partial charge in [-0.3, -0.25) is 4.79 Å². The molecule has 1 aliphatic heterocycles. The topological polar surface area (TPSA) is 107 Å². The monoisotopic (exact) mass is 477 g/mol. The summed E-state index contributed by atoms with van der Waals surface area (Å²) >= 11 is 6.34. The molecule has 2 rings (SSSR count). The second-order valence-electron chi connectivity index (χ2n) is 8.70. The van der Waals surface area contributed by atoms with Crippen molar-refractivity contribution in [2.45, 2.75) is 58.7 Å². The number of piperidine rings is 1. The summed E-state index contributed by atoms with van der Waals surface area (Å²) in [5.41, 5.74) is 0.187. The molecule has 9 nitrogen and oxygen atoms in total. The Morgan fingerprint density at radius 3 is 2.73 bits per heavy atom. The highest BCUT2D eigenvalue weighted by molar-refractivity contribution is 6.31. The Bertz CT molecular complexity index is 894. The quantitative estimate of drug-likeness (QED) is 0.289. The number of aliphatic imine (C=N–C) groups is 1. The normalized spacial score (nSPS) is 16.5. The highest BCUT2D eigenvalue weighted by atomic mass is 35.5. The van der Waals surface area contributed by atoms with Crippen LogP contribution in [0.15, 0.2) is 29.3 Å². The minimum Gasteiger partial charge on any atom is -0.465 e. The maximum Gasteiger partial charge on any atom is 0.407 e. The Kier molecular flexibility index (Phi) is 9.79. The average Bonchev–Trinajstić information content (AvgIpc) is 2.72. The van der Waals surface area contributed by atoms with Gasteiger partial charge in [0, 0.05) is 30.7 Å². The van der Waals surface area contributed by atoms with Crippen molar-refractivity contribution in [3.8, 4) is 6.19 Å². The van der Waals surface area contributed by atoms with E-state index in [-0.39, 0.29) is 25.7 Å². The van der Waals surface area contributed by atoms with Crippen LogP contribution in [0.5, 0.6) is 0 Å². The minimum atomic E-state index is -0.600. The highest BCUT2D eigenvalue weighted by Gasteiger charge is 2.29. The molecule has 1 saturated heterocycles. The zero-order valence-corrected chi connectivity index (χ0v) is 20.4. The van der Waals surface area contributed by atoms with Gasteiger partial charge in [-0.15, -0.1) is 4.99 Å². The molecule has 1 aromatic rings. The van der Waals surface area contributed by atoms with Crippen molar-refractivity contribution in [3.05, 3.63) is 34.9 Å². The predicted octanol–water partition coefficient (Wildman–Crippen LogP) is 3.53. The molecule has 0 radical (unpaired) electrons. The molecule has 33 heavy (non-hydrogen) atoms. The number of esters is 1. The van der Waals surface area contributed by atoms with Gasteiger partial charge in [0.05, 0.1) is 6.61 Å². The fraction of sp³-hybridized carbons (Fsp3) is 0.565. The lowest BCUT2D eigenvalue weighted by atomic mass is 10.1. The predicted molar refractivity (Wildman–Crippen MR) is 126 cm³/mol. The number of alkyl carbamates (subject to hydrolysis) is 1. The Balaban J connectivity index is 2.23. The van der Waals surface area contributed by atoms with Crippen LogP contribution in [0.2, 0.25) is 5.02 Å². The smallest absolute Gasteiger partial charge is 0.407 e. The SMILES string of the molecule is CCOC(=O)CN(Cc1ccccc1Cl)C(=NC#N)N1CCC[C@@H](NC(=O)OC(C)(C)C)C1. The van der Waals surface area contributed by atoms with Gasteiger partial charge in [-0.05, 0) is 52.2 Å². The first kappa shape index (κ1) is 26.3. The number of hydrogen-bond acceptors (Lipinski definition) is 6. The molecule has 0 saturated carbocycles. The van der Waals surface area contributed by atoms with Crippen LogP contribution in [0.4, 0.5) is 4.79 Å². The number of carbonyl (C=O) groups is 2. The molecular weight excluding hydrogens is 446 g/mol. The molecule has 0 aromatic heterocycles. The van der Waals surface area contributed by atoms with Gasteiger partial charge >= 0.3 is 12.1 Å². The number of guanidine groups is 1. The molecule has 1 aliphatic rings. The van der Waals surface area contributed by atoms with Crippen molar-refractivity contribution in [2.75, 3.05) is 26.2 Å². The third-order valence-electron chi connectivity index (χ3n) is 4.80. The third-order valence-corrected chi connectivity index (χ3v) is 5.17. The lowest BCUT2D eigenvalue weighted by Gasteiger charge is -2.38. The Labute approximate surface area is 200 Å². The molecule has 1 N–H and O–H groups in total. The van der Waals surface area contributed by atoms with Gasteiger partial charge < -0.3 is 24.6 Å². The van der Waals surface area contributed by atoms with Crippen LogP contribution in [0, 0.1) is 11.5 Å². The number of carbonyl (C=O) groups excluding carboxylic acids is 2. The molecule has 1 fully saturated rings. The molecule has 0 aliphatic carbocycles. The number of rotatable bonds is 6. The van der Waals surface area contributed by atoms with E-state index in [1.165, 1.54) is 0 Å². The van der Waals surface area contributed by atoms with Crippen molar-refractivity contribution in [1.82, 2.24) is 15.1 Å². The summed E-state index contributed by atoms with van der Waals surface area (Å²) in [5.74, 6) is -0.100. The van der Waals surface area contributed by atoms with Gasteiger partial charge in [-0.25, -0.2) is 4.79 Å². The summed E-state index contributed by atoms with van der Waals surface area (Å²) in [5, 5.41) is 12.8. The molecule has 0 spiro atoms. The van der Waals surface area contributed by atoms with Crippen molar-refractivity contribution in [2.24, 2.45) is 4.99 Å². The first-order chi connectivity index (χ1) is 15.6. The number of nitriles is 1. The molecule has 1 atom stereocenters. The van der Waals surface area contributed by atoms with Crippen LogP contribution in [-0.4, -0.2) is 65.7 Å².